The molecule has 0 saturated carbocycles. The van der Waals surface area contributed by atoms with E-state index in [4.69, 9.17) is 4.74 Å². The molecule has 0 aliphatic rings. The lowest BCUT2D eigenvalue weighted by atomic mass is 10.2. The largest absolute Gasteiger partial charge is 0.445 e. The molecule has 0 fully saturated rings. The van der Waals surface area contributed by atoms with Crippen molar-refractivity contribution in [2.75, 3.05) is 6.54 Å². The second-order valence-corrected chi connectivity index (χ2v) is 4.05. The molecule has 17 heavy (non-hydrogen) atoms. The monoisotopic (exact) mass is 237 g/mol. The fourth-order valence-corrected chi connectivity index (χ4v) is 1.52. The molecule has 0 bridgehead atoms. The minimum atomic E-state index is -0.328. The zero-order valence-corrected chi connectivity index (χ0v) is 10.4. The van der Waals surface area contributed by atoms with E-state index in [0.717, 1.165) is 18.4 Å². The summed E-state index contributed by atoms with van der Waals surface area (Å²) in [6.45, 7) is 3.21. The van der Waals surface area contributed by atoms with Gasteiger partial charge in [0.15, 0.2) is 0 Å². The lowest BCUT2D eigenvalue weighted by Crippen LogP contribution is -2.25. The quantitative estimate of drug-likeness (QED) is 0.734. The Morgan fingerprint density at radius 2 is 2.00 bits per heavy atom. The summed E-state index contributed by atoms with van der Waals surface area (Å²) >= 11 is 0. The van der Waals surface area contributed by atoms with E-state index in [1.54, 1.807) is 0 Å². The van der Waals surface area contributed by atoms with Gasteiger partial charge in [0.25, 0.3) is 0 Å². The molecule has 1 aromatic carbocycles. The smallest absolute Gasteiger partial charge is 0.407 e. The van der Waals surface area contributed by atoms with Crippen molar-refractivity contribution in [2.45, 2.75) is 39.2 Å². The van der Waals surface area contributed by atoms with Crippen LogP contribution in [0.4, 0.5) is 4.79 Å². The summed E-state index contributed by atoms with van der Waals surface area (Å²) in [5, 5.41) is 2.75. The van der Waals surface area contributed by atoms with E-state index >= 15 is 0 Å². The highest BCUT2D eigenvalue weighted by Gasteiger charge is 2.00. The third-order valence-electron chi connectivity index (χ3n) is 2.51. The van der Waals surface area contributed by atoms with Crippen LogP contribution in [0, 0.1) is 0 Å². The third kappa shape index (κ3) is 6.61. The number of unbranched alkanes of at least 4 members (excludes halogenated alkanes) is 3. The van der Waals surface area contributed by atoms with Gasteiger partial charge in [0.2, 0.25) is 0 Å². The summed E-state index contributed by atoms with van der Waals surface area (Å²) in [6.07, 6.45) is 4.29. The number of carbonyl (C=O) groups excluding carboxylic acids is 1. The second kappa shape index (κ2) is 8.62. The molecule has 0 aliphatic carbocycles. The van der Waals surface area contributed by atoms with Gasteiger partial charge >= 0.3 is 6.09 Å². The van der Waals surface area contributed by atoms with Crippen molar-refractivity contribution in [1.29, 1.82) is 0 Å². The first-order chi connectivity index (χ1) is 8.33. The minimum Gasteiger partial charge on any atom is -0.445 e. The minimum absolute atomic E-state index is 0. The fraction of sp³-hybridized carbons (Fsp3) is 0.500. The molecule has 1 aromatic rings. The molecule has 0 unspecified atom stereocenters. The zero-order valence-electron chi connectivity index (χ0n) is 10.4. The van der Waals surface area contributed by atoms with Gasteiger partial charge in [0.05, 0.1) is 0 Å². The van der Waals surface area contributed by atoms with Gasteiger partial charge in [0, 0.05) is 7.97 Å². The Bertz CT molecular complexity index is 317. The normalized spacial score (nSPS) is 9.94. The lowest BCUT2D eigenvalue weighted by Gasteiger charge is -2.06. The summed E-state index contributed by atoms with van der Waals surface area (Å²) in [7, 11) is 0. The van der Waals surface area contributed by atoms with E-state index in [1.165, 1.54) is 12.8 Å². The number of rotatable bonds is 7. The number of hydrogen-bond acceptors (Lipinski definition) is 2. The van der Waals surface area contributed by atoms with E-state index in [1.807, 2.05) is 30.3 Å². The fourth-order valence-electron chi connectivity index (χ4n) is 1.52. The van der Waals surface area contributed by atoms with Gasteiger partial charge in [-0.05, 0) is 12.0 Å². The van der Waals surface area contributed by atoms with Gasteiger partial charge in [-0.15, -0.1) is 0 Å². The van der Waals surface area contributed by atoms with Crippen LogP contribution < -0.4 is 5.32 Å². The average molecular weight is 237 g/mol. The topological polar surface area (TPSA) is 38.3 Å². The number of hydrogen-bond donors (Lipinski definition) is 1. The van der Waals surface area contributed by atoms with Crippen molar-refractivity contribution in [1.82, 2.24) is 5.32 Å². The first kappa shape index (κ1) is 13.6. The first-order valence-corrected chi connectivity index (χ1v) is 6.27. The van der Waals surface area contributed by atoms with Crippen LogP contribution in [0.5, 0.6) is 0 Å². The van der Waals surface area contributed by atoms with Crippen LogP contribution in [0.3, 0.4) is 0 Å². The molecular formula is C14H23NO2. The van der Waals surface area contributed by atoms with Gasteiger partial charge in [-0.25, -0.2) is 4.79 Å². The van der Waals surface area contributed by atoms with E-state index in [0.29, 0.717) is 13.2 Å². The van der Waals surface area contributed by atoms with Crippen molar-refractivity contribution in [2.24, 2.45) is 0 Å². The number of benzene rings is 1. The molecule has 96 valence electrons. The van der Waals surface area contributed by atoms with Crippen molar-refractivity contribution in [3.05, 3.63) is 35.9 Å². The van der Waals surface area contributed by atoms with Crippen LogP contribution in [-0.2, 0) is 11.3 Å². The molecule has 0 aromatic heterocycles. The molecule has 1 amide bonds. The molecule has 0 saturated heterocycles. The SMILES string of the molecule is CCCCCCNC(=O)OCc1ccccc1.[HH]. The first-order valence-electron chi connectivity index (χ1n) is 6.27. The Morgan fingerprint density at radius 1 is 1.24 bits per heavy atom. The second-order valence-electron chi connectivity index (χ2n) is 4.05. The summed E-state index contributed by atoms with van der Waals surface area (Å²) in [5.41, 5.74) is 1.01. The van der Waals surface area contributed by atoms with Crippen molar-refractivity contribution in [3.8, 4) is 0 Å². The Morgan fingerprint density at radius 3 is 2.71 bits per heavy atom. The summed E-state index contributed by atoms with van der Waals surface area (Å²) in [5.74, 6) is 0. The molecule has 3 nitrogen and oxygen atoms in total. The van der Waals surface area contributed by atoms with Gasteiger partial charge < -0.3 is 10.1 Å². The standard InChI is InChI=1S/C14H21NO2.H2/c1-2-3-4-8-11-15-14(16)17-12-13-9-6-5-7-10-13;/h5-7,9-10H,2-4,8,11-12H2,1H3,(H,15,16);1H. The number of alkyl carbamates (subject to hydrolysis) is 1. The van der Waals surface area contributed by atoms with Gasteiger partial charge in [0.1, 0.15) is 6.61 Å². The molecule has 0 aliphatic heterocycles. The Kier molecular flexibility index (Phi) is 6.87. The predicted octanol–water partition coefficient (Wildman–Crippen LogP) is 3.74. The molecule has 0 spiro atoms. The predicted molar refractivity (Wildman–Crippen MR) is 70.9 cm³/mol. The van der Waals surface area contributed by atoms with E-state index in [-0.39, 0.29) is 7.52 Å². The van der Waals surface area contributed by atoms with Gasteiger partial charge in [-0.3, -0.25) is 0 Å². The molecule has 0 radical (unpaired) electrons. The summed E-state index contributed by atoms with van der Waals surface area (Å²) in [6, 6.07) is 9.68. The average Bonchev–Trinajstić information content (AvgIpc) is 2.37. The van der Waals surface area contributed by atoms with E-state index in [2.05, 4.69) is 12.2 Å². The van der Waals surface area contributed by atoms with Crippen LogP contribution in [0.25, 0.3) is 0 Å². The Balaban J connectivity index is 0.00000289. The maximum Gasteiger partial charge on any atom is 0.407 e. The molecule has 1 rings (SSSR count). The summed E-state index contributed by atoms with van der Waals surface area (Å²) < 4.78 is 5.08. The van der Waals surface area contributed by atoms with Crippen LogP contribution in [0.15, 0.2) is 30.3 Å². The number of carbonyl (C=O) groups is 1. The zero-order chi connectivity index (χ0) is 12.3. The van der Waals surface area contributed by atoms with Gasteiger partial charge in [-0.2, -0.15) is 0 Å². The van der Waals surface area contributed by atoms with E-state index in [9.17, 15) is 4.79 Å². The molecule has 0 heterocycles. The molecule has 1 N–H and O–H groups in total. The van der Waals surface area contributed by atoms with Crippen LogP contribution in [0.1, 0.15) is 39.6 Å². The van der Waals surface area contributed by atoms with Crippen molar-refractivity contribution < 1.29 is 11.0 Å². The highest BCUT2D eigenvalue weighted by atomic mass is 16.5. The van der Waals surface area contributed by atoms with Crippen molar-refractivity contribution in [3.63, 3.8) is 0 Å². The highest BCUT2D eigenvalue weighted by molar-refractivity contribution is 5.67. The lowest BCUT2D eigenvalue weighted by molar-refractivity contribution is 0.139. The Hall–Kier alpha value is -1.51. The third-order valence-corrected chi connectivity index (χ3v) is 2.51. The highest BCUT2D eigenvalue weighted by Crippen LogP contribution is 2.01. The maximum absolute atomic E-state index is 11.3. The number of ether oxygens (including phenoxy) is 1. The van der Waals surface area contributed by atoms with Crippen LogP contribution in [-0.4, -0.2) is 12.6 Å². The van der Waals surface area contributed by atoms with Crippen molar-refractivity contribution >= 4 is 6.09 Å². The number of nitrogens with one attached hydrogen (secondary N) is 1. The van der Waals surface area contributed by atoms with Crippen LogP contribution >= 0.6 is 0 Å². The molecule has 3 heteroatoms. The molecular weight excluding hydrogens is 214 g/mol. The Labute approximate surface area is 105 Å². The van der Waals surface area contributed by atoms with E-state index < -0.39 is 0 Å². The van der Waals surface area contributed by atoms with Gasteiger partial charge in [-0.1, -0.05) is 56.5 Å². The number of amides is 1. The maximum atomic E-state index is 11.3. The summed E-state index contributed by atoms with van der Waals surface area (Å²) in [4.78, 5) is 11.3. The van der Waals surface area contributed by atoms with Crippen LogP contribution in [0.2, 0.25) is 0 Å². The molecule has 0 atom stereocenters.